The number of aryl methyl sites for hydroxylation is 1. The van der Waals surface area contributed by atoms with Gasteiger partial charge in [0, 0.05) is 50.7 Å². The summed E-state index contributed by atoms with van der Waals surface area (Å²) in [6.07, 6.45) is 5.27. The van der Waals surface area contributed by atoms with E-state index in [4.69, 9.17) is 10.5 Å². The molecule has 1 aromatic rings. The molecule has 0 atom stereocenters. The average molecular weight is 265 g/mol. The van der Waals surface area contributed by atoms with E-state index in [1.165, 1.54) is 18.9 Å². The standard InChI is InChI=1S/C14H23N3O2/c1-19-10-9-16(13-4-5-13)7-2-8-17-11-12(15)3-6-14(17)18/h3,6,11,13H,2,4-5,7-10,15H2,1H3. The third-order valence-electron chi connectivity index (χ3n) is 3.50. The first kappa shape index (κ1) is 14.1. The molecule has 0 aliphatic heterocycles. The van der Waals surface area contributed by atoms with Gasteiger partial charge in [0.05, 0.1) is 6.61 Å². The molecule has 0 radical (unpaired) electrons. The van der Waals surface area contributed by atoms with Gasteiger partial charge in [-0.25, -0.2) is 0 Å². The van der Waals surface area contributed by atoms with Crippen molar-refractivity contribution in [2.45, 2.75) is 31.8 Å². The first-order valence-electron chi connectivity index (χ1n) is 6.89. The van der Waals surface area contributed by atoms with Crippen LogP contribution in [0.25, 0.3) is 0 Å². The van der Waals surface area contributed by atoms with Gasteiger partial charge in [-0.15, -0.1) is 0 Å². The fourth-order valence-corrected chi connectivity index (χ4v) is 2.29. The highest BCUT2D eigenvalue weighted by Crippen LogP contribution is 2.26. The highest BCUT2D eigenvalue weighted by molar-refractivity contribution is 5.33. The van der Waals surface area contributed by atoms with E-state index in [1.54, 1.807) is 23.9 Å². The van der Waals surface area contributed by atoms with Gasteiger partial charge >= 0.3 is 0 Å². The molecule has 1 aliphatic carbocycles. The molecule has 5 heteroatoms. The Morgan fingerprint density at radius 3 is 2.89 bits per heavy atom. The summed E-state index contributed by atoms with van der Waals surface area (Å²) in [5, 5.41) is 0. The Balaban J connectivity index is 1.81. The lowest BCUT2D eigenvalue weighted by Crippen LogP contribution is -2.32. The Kier molecular flexibility index (Phi) is 4.99. The van der Waals surface area contributed by atoms with Crippen LogP contribution in [0.3, 0.4) is 0 Å². The van der Waals surface area contributed by atoms with Gasteiger partial charge in [-0.05, 0) is 25.3 Å². The first-order chi connectivity index (χ1) is 9.20. The molecule has 0 unspecified atom stereocenters. The third-order valence-corrected chi connectivity index (χ3v) is 3.50. The number of hydrogen-bond acceptors (Lipinski definition) is 4. The summed E-state index contributed by atoms with van der Waals surface area (Å²) >= 11 is 0. The number of anilines is 1. The predicted octanol–water partition coefficient (Wildman–Crippen LogP) is 0.931. The fraction of sp³-hybridized carbons (Fsp3) is 0.643. The quantitative estimate of drug-likeness (QED) is 0.759. The SMILES string of the molecule is COCCN(CCCn1cc(N)ccc1=O)C1CC1. The van der Waals surface area contributed by atoms with Crippen LogP contribution >= 0.6 is 0 Å². The van der Waals surface area contributed by atoms with Gasteiger partial charge in [-0.3, -0.25) is 9.69 Å². The number of aromatic nitrogens is 1. The summed E-state index contributed by atoms with van der Waals surface area (Å²) in [5.74, 6) is 0. The van der Waals surface area contributed by atoms with Crippen LogP contribution in [0.2, 0.25) is 0 Å². The lowest BCUT2D eigenvalue weighted by molar-refractivity contribution is 0.141. The van der Waals surface area contributed by atoms with E-state index >= 15 is 0 Å². The van der Waals surface area contributed by atoms with E-state index in [-0.39, 0.29) is 5.56 Å². The zero-order valence-electron chi connectivity index (χ0n) is 11.5. The fourth-order valence-electron chi connectivity index (χ4n) is 2.29. The van der Waals surface area contributed by atoms with E-state index in [0.29, 0.717) is 5.69 Å². The molecule has 1 aliphatic rings. The van der Waals surface area contributed by atoms with Crippen LogP contribution in [-0.4, -0.2) is 42.3 Å². The molecule has 0 aromatic carbocycles. The van der Waals surface area contributed by atoms with Crippen LogP contribution in [0, 0.1) is 0 Å². The Hall–Kier alpha value is -1.33. The van der Waals surface area contributed by atoms with Gasteiger partial charge in [-0.1, -0.05) is 0 Å². The molecular formula is C14H23N3O2. The van der Waals surface area contributed by atoms with Crippen LogP contribution in [0.4, 0.5) is 5.69 Å². The van der Waals surface area contributed by atoms with Gasteiger partial charge in [0.1, 0.15) is 0 Å². The number of methoxy groups -OCH3 is 1. The number of ether oxygens (including phenoxy) is 1. The van der Waals surface area contributed by atoms with Gasteiger partial charge in [0.2, 0.25) is 0 Å². The zero-order chi connectivity index (χ0) is 13.7. The van der Waals surface area contributed by atoms with Gasteiger partial charge < -0.3 is 15.0 Å². The van der Waals surface area contributed by atoms with Gasteiger partial charge in [-0.2, -0.15) is 0 Å². The summed E-state index contributed by atoms with van der Waals surface area (Å²) < 4.78 is 6.83. The van der Waals surface area contributed by atoms with Gasteiger partial charge in [0.25, 0.3) is 5.56 Å². The molecule has 5 nitrogen and oxygen atoms in total. The van der Waals surface area contributed by atoms with E-state index in [9.17, 15) is 4.79 Å². The second kappa shape index (κ2) is 6.73. The lowest BCUT2D eigenvalue weighted by Gasteiger charge is -2.21. The van der Waals surface area contributed by atoms with Crippen molar-refractivity contribution in [2.75, 3.05) is 32.5 Å². The van der Waals surface area contributed by atoms with Crippen LogP contribution < -0.4 is 11.3 Å². The minimum absolute atomic E-state index is 0.0177. The molecule has 1 fully saturated rings. The normalized spacial score (nSPS) is 15.1. The molecule has 1 heterocycles. The minimum Gasteiger partial charge on any atom is -0.398 e. The summed E-state index contributed by atoms with van der Waals surface area (Å²) in [6, 6.07) is 3.90. The number of nitrogen functional groups attached to an aromatic ring is 1. The smallest absolute Gasteiger partial charge is 0.250 e. The third kappa shape index (κ3) is 4.36. The molecule has 1 aromatic heterocycles. The van der Waals surface area contributed by atoms with Crippen molar-refractivity contribution in [1.82, 2.24) is 9.47 Å². The molecule has 0 saturated heterocycles. The Morgan fingerprint density at radius 2 is 2.21 bits per heavy atom. The molecule has 19 heavy (non-hydrogen) atoms. The summed E-state index contributed by atoms with van der Waals surface area (Å²) in [6.45, 7) is 3.48. The van der Waals surface area contributed by atoms with E-state index < -0.39 is 0 Å². The van der Waals surface area contributed by atoms with Crippen molar-refractivity contribution in [1.29, 1.82) is 0 Å². The van der Waals surface area contributed by atoms with E-state index in [2.05, 4.69) is 4.90 Å². The zero-order valence-corrected chi connectivity index (χ0v) is 11.5. The largest absolute Gasteiger partial charge is 0.398 e. The van der Waals surface area contributed by atoms with Crippen molar-refractivity contribution < 1.29 is 4.74 Å². The second-order valence-corrected chi connectivity index (χ2v) is 5.11. The number of nitrogens with zero attached hydrogens (tertiary/aromatic N) is 2. The van der Waals surface area contributed by atoms with Crippen molar-refractivity contribution in [3.8, 4) is 0 Å². The Labute approximate surface area is 114 Å². The first-order valence-corrected chi connectivity index (χ1v) is 6.89. The van der Waals surface area contributed by atoms with Crippen LogP contribution in [-0.2, 0) is 11.3 Å². The molecule has 0 bridgehead atoms. The summed E-state index contributed by atoms with van der Waals surface area (Å²) in [5.41, 5.74) is 6.35. The number of rotatable bonds is 8. The molecule has 1 saturated carbocycles. The monoisotopic (exact) mass is 265 g/mol. The van der Waals surface area contributed by atoms with Crippen molar-refractivity contribution in [3.63, 3.8) is 0 Å². The van der Waals surface area contributed by atoms with Crippen molar-refractivity contribution >= 4 is 5.69 Å². The highest BCUT2D eigenvalue weighted by Gasteiger charge is 2.27. The maximum Gasteiger partial charge on any atom is 0.250 e. The highest BCUT2D eigenvalue weighted by atomic mass is 16.5. The maximum atomic E-state index is 11.6. The Bertz CT molecular complexity index is 454. The maximum absolute atomic E-state index is 11.6. The molecular weight excluding hydrogens is 242 g/mol. The van der Waals surface area contributed by atoms with Crippen molar-refractivity contribution in [3.05, 3.63) is 28.7 Å². The van der Waals surface area contributed by atoms with Crippen LogP contribution in [0.5, 0.6) is 0 Å². The predicted molar refractivity (Wildman–Crippen MR) is 76.2 cm³/mol. The molecule has 2 N–H and O–H groups in total. The molecule has 2 rings (SSSR count). The topological polar surface area (TPSA) is 60.5 Å². The molecule has 106 valence electrons. The van der Waals surface area contributed by atoms with Gasteiger partial charge in [0.15, 0.2) is 0 Å². The van der Waals surface area contributed by atoms with Crippen LogP contribution in [0.1, 0.15) is 19.3 Å². The average Bonchev–Trinajstić information content (AvgIpc) is 3.22. The minimum atomic E-state index is 0.0177. The number of nitrogens with two attached hydrogens (primary N) is 1. The number of pyridine rings is 1. The van der Waals surface area contributed by atoms with E-state index in [0.717, 1.165) is 38.7 Å². The van der Waals surface area contributed by atoms with Crippen molar-refractivity contribution in [2.24, 2.45) is 0 Å². The second-order valence-electron chi connectivity index (χ2n) is 5.11. The Morgan fingerprint density at radius 1 is 1.42 bits per heavy atom. The summed E-state index contributed by atoms with van der Waals surface area (Å²) in [7, 11) is 1.73. The lowest BCUT2D eigenvalue weighted by atomic mass is 10.3. The molecule has 0 spiro atoms. The summed E-state index contributed by atoms with van der Waals surface area (Å²) in [4.78, 5) is 14.1. The number of hydrogen-bond donors (Lipinski definition) is 1. The molecule has 0 amide bonds. The van der Waals surface area contributed by atoms with E-state index in [1.807, 2.05) is 0 Å². The van der Waals surface area contributed by atoms with Crippen LogP contribution in [0.15, 0.2) is 23.1 Å².